The van der Waals surface area contributed by atoms with Crippen molar-refractivity contribution in [2.24, 2.45) is 17.3 Å². The third-order valence-electron chi connectivity index (χ3n) is 9.12. The highest BCUT2D eigenvalue weighted by Crippen LogP contribution is 2.36. The van der Waals surface area contributed by atoms with Crippen LogP contribution in [0.15, 0.2) is 0 Å². The van der Waals surface area contributed by atoms with Gasteiger partial charge in [-0.2, -0.15) is 0 Å². The zero-order chi connectivity index (χ0) is 30.9. The highest BCUT2D eigenvalue weighted by atomic mass is 16.2. The molecule has 2 fully saturated rings. The summed E-state index contributed by atoms with van der Waals surface area (Å²) in [5.41, 5.74) is -0.345. The molecule has 6 nitrogen and oxygen atoms in total. The summed E-state index contributed by atoms with van der Waals surface area (Å²) in [5, 5.41) is 7.22. The summed E-state index contributed by atoms with van der Waals surface area (Å²) in [5.74, 6) is 0.650. The quantitative estimate of drug-likeness (QED) is 0.321. The Hall–Kier alpha value is -0.980. The largest absolute Gasteiger partial charge is 0.351 e. The molecule has 1 aliphatic heterocycles. The standard InChI is InChI=1S/C34H66N4O2/c1-29(2,3)27(39)25-15-17-26(18-16-25)28(40)35-31(7,8)23-33(11,12)37-19-21-38(22-20-37)34(13,14)24-32(9,10)36-30(4,5)6/h25-26,36H,15-24H2,1-14H3,(H,35,40). The first-order valence-electron chi connectivity index (χ1n) is 16.0. The Bertz CT molecular complexity index is 859. The van der Waals surface area contributed by atoms with Crippen LogP contribution in [0.4, 0.5) is 0 Å². The number of rotatable bonds is 10. The number of ketones is 1. The molecule has 0 bridgehead atoms. The van der Waals surface area contributed by atoms with E-state index >= 15 is 0 Å². The van der Waals surface area contributed by atoms with Gasteiger partial charge in [-0.25, -0.2) is 0 Å². The van der Waals surface area contributed by atoms with E-state index in [0.29, 0.717) is 5.78 Å². The van der Waals surface area contributed by atoms with Crippen LogP contribution in [0.2, 0.25) is 0 Å². The summed E-state index contributed by atoms with van der Waals surface area (Å²) in [6, 6.07) is 0. The molecular formula is C34H66N4O2. The second kappa shape index (κ2) is 12.3. The molecule has 0 aromatic rings. The Labute approximate surface area is 248 Å². The van der Waals surface area contributed by atoms with Crippen molar-refractivity contribution in [1.29, 1.82) is 0 Å². The third-order valence-corrected chi connectivity index (χ3v) is 9.12. The van der Waals surface area contributed by atoms with Gasteiger partial charge in [-0.1, -0.05) is 20.8 Å². The third kappa shape index (κ3) is 10.4. The zero-order valence-corrected chi connectivity index (χ0v) is 28.9. The average Bonchev–Trinajstić information content (AvgIpc) is 2.74. The van der Waals surface area contributed by atoms with Gasteiger partial charge in [-0.15, -0.1) is 0 Å². The van der Waals surface area contributed by atoms with E-state index in [1.54, 1.807) is 0 Å². The Morgan fingerprint density at radius 2 is 0.975 bits per heavy atom. The van der Waals surface area contributed by atoms with Gasteiger partial charge in [0.15, 0.2) is 0 Å². The van der Waals surface area contributed by atoms with Crippen LogP contribution >= 0.6 is 0 Å². The van der Waals surface area contributed by atoms with Crippen LogP contribution in [-0.4, -0.2) is 75.4 Å². The second-order valence-corrected chi connectivity index (χ2v) is 17.7. The number of carbonyl (C=O) groups is 2. The van der Waals surface area contributed by atoms with Gasteiger partial charge in [-0.05, 0) is 115 Å². The summed E-state index contributed by atoms with van der Waals surface area (Å²) >= 11 is 0. The molecule has 1 saturated carbocycles. The van der Waals surface area contributed by atoms with Crippen molar-refractivity contribution in [3.8, 4) is 0 Å². The van der Waals surface area contributed by atoms with Gasteiger partial charge in [-0.3, -0.25) is 19.4 Å². The molecule has 0 aromatic carbocycles. The van der Waals surface area contributed by atoms with Gasteiger partial charge in [0.25, 0.3) is 0 Å². The molecule has 6 heteroatoms. The summed E-state index contributed by atoms with van der Waals surface area (Å²) in [6.07, 6.45) is 5.30. The van der Waals surface area contributed by atoms with Crippen molar-refractivity contribution in [2.75, 3.05) is 26.2 Å². The number of piperazine rings is 1. The van der Waals surface area contributed by atoms with Crippen molar-refractivity contribution in [3.63, 3.8) is 0 Å². The van der Waals surface area contributed by atoms with E-state index < -0.39 is 0 Å². The molecule has 234 valence electrons. The number of hydrogen-bond donors (Lipinski definition) is 2. The van der Waals surface area contributed by atoms with Crippen LogP contribution < -0.4 is 10.6 Å². The van der Waals surface area contributed by atoms with Crippen molar-refractivity contribution >= 4 is 11.7 Å². The van der Waals surface area contributed by atoms with E-state index in [1.807, 2.05) is 20.8 Å². The Balaban J connectivity index is 1.90. The predicted octanol–water partition coefficient (Wildman–Crippen LogP) is 6.42. The molecule has 0 aromatic heterocycles. The predicted molar refractivity (Wildman–Crippen MR) is 170 cm³/mol. The number of nitrogens with zero attached hydrogens (tertiary/aromatic N) is 2. The molecule has 1 aliphatic carbocycles. The molecule has 0 spiro atoms. The maximum absolute atomic E-state index is 13.3. The lowest BCUT2D eigenvalue weighted by Crippen LogP contribution is -2.63. The Kier molecular flexibility index (Phi) is 10.9. The maximum atomic E-state index is 13.3. The molecule has 1 amide bonds. The minimum atomic E-state index is -0.297. The molecule has 2 rings (SSSR count). The first-order valence-corrected chi connectivity index (χ1v) is 16.0. The summed E-state index contributed by atoms with van der Waals surface area (Å²) in [7, 11) is 0. The average molecular weight is 563 g/mol. The monoisotopic (exact) mass is 563 g/mol. The molecule has 1 heterocycles. The Morgan fingerprint density at radius 1 is 0.600 bits per heavy atom. The van der Waals surface area contributed by atoms with E-state index in [1.165, 1.54) is 0 Å². The molecule has 0 unspecified atom stereocenters. The fourth-order valence-electron chi connectivity index (χ4n) is 8.07. The molecule has 2 aliphatic rings. The summed E-state index contributed by atoms with van der Waals surface area (Å²) < 4.78 is 0. The normalized spacial score (nSPS) is 23.2. The molecule has 0 atom stereocenters. The lowest BCUT2D eigenvalue weighted by Gasteiger charge is -2.52. The molecule has 2 N–H and O–H groups in total. The first-order chi connectivity index (χ1) is 17.8. The van der Waals surface area contributed by atoms with Gasteiger partial charge in [0.05, 0.1) is 0 Å². The summed E-state index contributed by atoms with van der Waals surface area (Å²) in [4.78, 5) is 31.3. The fourth-order valence-corrected chi connectivity index (χ4v) is 8.07. The molecule has 1 saturated heterocycles. The van der Waals surface area contributed by atoms with E-state index in [2.05, 4.69) is 96.6 Å². The highest BCUT2D eigenvalue weighted by Gasteiger charge is 2.41. The summed E-state index contributed by atoms with van der Waals surface area (Å²) in [6.45, 7) is 35.4. The van der Waals surface area contributed by atoms with Crippen LogP contribution in [0.3, 0.4) is 0 Å². The maximum Gasteiger partial charge on any atom is 0.223 e. The number of nitrogens with one attached hydrogen (secondary N) is 2. The smallest absolute Gasteiger partial charge is 0.223 e. The second-order valence-electron chi connectivity index (χ2n) is 17.7. The van der Waals surface area contributed by atoms with E-state index in [0.717, 1.165) is 64.7 Å². The topological polar surface area (TPSA) is 64.7 Å². The van der Waals surface area contributed by atoms with Gasteiger partial charge >= 0.3 is 0 Å². The lowest BCUT2D eigenvalue weighted by atomic mass is 9.73. The number of carbonyl (C=O) groups excluding carboxylic acids is 2. The SMILES string of the molecule is CC(C)(C)NC(C)(C)CC(C)(C)N1CCN(C(C)(C)CC(C)(C)NC(=O)C2CCC(C(=O)C(C)(C)C)CC2)CC1. The number of amides is 1. The number of Topliss-reactive ketones (excluding diaryl/α,β-unsaturated/α-hetero) is 1. The van der Waals surface area contributed by atoms with E-state index in [4.69, 9.17) is 0 Å². The Morgan fingerprint density at radius 3 is 1.35 bits per heavy atom. The minimum Gasteiger partial charge on any atom is -0.351 e. The van der Waals surface area contributed by atoms with Crippen molar-refractivity contribution < 1.29 is 9.59 Å². The van der Waals surface area contributed by atoms with Crippen molar-refractivity contribution in [2.45, 2.75) is 163 Å². The van der Waals surface area contributed by atoms with Crippen LogP contribution in [-0.2, 0) is 9.59 Å². The van der Waals surface area contributed by atoms with E-state index in [-0.39, 0.29) is 50.9 Å². The van der Waals surface area contributed by atoms with Crippen LogP contribution in [0.5, 0.6) is 0 Å². The number of hydrogen-bond acceptors (Lipinski definition) is 5. The minimum absolute atomic E-state index is 0.0170. The van der Waals surface area contributed by atoms with Crippen LogP contribution in [0.1, 0.15) is 135 Å². The van der Waals surface area contributed by atoms with Gasteiger partial charge < -0.3 is 10.6 Å². The fraction of sp³-hybridized carbons (Fsp3) is 0.941. The van der Waals surface area contributed by atoms with E-state index in [9.17, 15) is 9.59 Å². The zero-order valence-electron chi connectivity index (χ0n) is 28.9. The molecule has 40 heavy (non-hydrogen) atoms. The van der Waals surface area contributed by atoms with Gasteiger partial charge in [0, 0.05) is 71.1 Å². The van der Waals surface area contributed by atoms with Crippen molar-refractivity contribution in [3.05, 3.63) is 0 Å². The van der Waals surface area contributed by atoms with Crippen LogP contribution in [0, 0.1) is 17.3 Å². The highest BCUT2D eigenvalue weighted by molar-refractivity contribution is 5.86. The van der Waals surface area contributed by atoms with Crippen molar-refractivity contribution in [1.82, 2.24) is 20.4 Å². The van der Waals surface area contributed by atoms with Gasteiger partial charge in [0.1, 0.15) is 5.78 Å². The molecular weight excluding hydrogens is 496 g/mol. The van der Waals surface area contributed by atoms with Gasteiger partial charge in [0.2, 0.25) is 5.91 Å². The van der Waals surface area contributed by atoms with Crippen LogP contribution in [0.25, 0.3) is 0 Å². The first kappa shape index (κ1) is 35.2. The molecule has 0 radical (unpaired) electrons. The lowest BCUT2D eigenvalue weighted by molar-refractivity contribution is -0.134.